The maximum Gasteiger partial charge on any atom is 0.0939 e. The van der Waals surface area contributed by atoms with Crippen LogP contribution in [0.15, 0.2) is 42.5 Å². The first kappa shape index (κ1) is 13.9. The number of halogens is 2. The lowest BCUT2D eigenvalue weighted by Gasteiger charge is -2.34. The van der Waals surface area contributed by atoms with E-state index in [0.717, 1.165) is 30.4 Å². The highest BCUT2D eigenvalue weighted by atomic mass is 35.5. The van der Waals surface area contributed by atoms with Crippen LogP contribution in [0, 0.1) is 0 Å². The molecule has 1 aliphatic rings. The molecule has 1 aliphatic carbocycles. The van der Waals surface area contributed by atoms with Gasteiger partial charge >= 0.3 is 0 Å². The summed E-state index contributed by atoms with van der Waals surface area (Å²) in [7, 11) is 0. The molecule has 3 heteroatoms. The van der Waals surface area contributed by atoms with Crippen LogP contribution in [0.1, 0.15) is 29.5 Å². The first-order chi connectivity index (χ1) is 9.58. The van der Waals surface area contributed by atoms with E-state index in [0.29, 0.717) is 16.5 Å². The van der Waals surface area contributed by atoms with Crippen LogP contribution in [0.25, 0.3) is 0 Å². The Morgan fingerprint density at radius 2 is 1.85 bits per heavy atom. The highest BCUT2D eigenvalue weighted by molar-refractivity contribution is 6.42. The number of benzene rings is 2. The standard InChI is InChI=1S/C17H16Cl2O/c18-15-8-7-12(10-16(15)19)11-17(20)9-3-5-13-4-1-2-6-14(13)17/h1-2,4,6-8,10,20H,3,5,9,11H2. The van der Waals surface area contributed by atoms with Gasteiger partial charge in [0.25, 0.3) is 0 Å². The van der Waals surface area contributed by atoms with E-state index < -0.39 is 5.60 Å². The van der Waals surface area contributed by atoms with Crippen LogP contribution in [0.5, 0.6) is 0 Å². The van der Waals surface area contributed by atoms with Gasteiger partial charge in [0.2, 0.25) is 0 Å². The van der Waals surface area contributed by atoms with Crippen molar-refractivity contribution in [1.29, 1.82) is 0 Å². The number of fused-ring (bicyclic) bond motifs is 1. The highest BCUT2D eigenvalue weighted by Crippen LogP contribution is 2.38. The van der Waals surface area contributed by atoms with Gasteiger partial charge in [-0.05, 0) is 48.1 Å². The van der Waals surface area contributed by atoms with Gasteiger partial charge in [-0.2, -0.15) is 0 Å². The lowest BCUT2D eigenvalue weighted by molar-refractivity contribution is 0.0190. The smallest absolute Gasteiger partial charge is 0.0939 e. The van der Waals surface area contributed by atoms with Crippen molar-refractivity contribution in [2.45, 2.75) is 31.3 Å². The number of hydrogen-bond donors (Lipinski definition) is 1. The van der Waals surface area contributed by atoms with E-state index >= 15 is 0 Å². The maximum atomic E-state index is 11.1. The SMILES string of the molecule is OC1(Cc2ccc(Cl)c(Cl)c2)CCCc2ccccc21. The first-order valence-corrected chi connectivity index (χ1v) is 7.59. The van der Waals surface area contributed by atoms with Crippen LogP contribution in [0.4, 0.5) is 0 Å². The molecule has 0 bridgehead atoms. The van der Waals surface area contributed by atoms with Crippen molar-refractivity contribution < 1.29 is 5.11 Å². The first-order valence-electron chi connectivity index (χ1n) is 6.83. The van der Waals surface area contributed by atoms with Gasteiger partial charge in [-0.3, -0.25) is 0 Å². The molecule has 0 saturated heterocycles. The third-order valence-corrected chi connectivity index (χ3v) is 4.77. The summed E-state index contributed by atoms with van der Waals surface area (Å²) in [5, 5.41) is 12.1. The Labute approximate surface area is 129 Å². The Bertz CT molecular complexity index is 639. The van der Waals surface area contributed by atoms with E-state index in [1.807, 2.05) is 30.3 Å². The van der Waals surface area contributed by atoms with Gasteiger partial charge in [0.1, 0.15) is 0 Å². The van der Waals surface area contributed by atoms with Crippen LogP contribution >= 0.6 is 23.2 Å². The molecule has 1 unspecified atom stereocenters. The largest absolute Gasteiger partial charge is 0.385 e. The summed E-state index contributed by atoms with van der Waals surface area (Å²) in [4.78, 5) is 0. The van der Waals surface area contributed by atoms with E-state index in [1.165, 1.54) is 5.56 Å². The molecule has 0 aliphatic heterocycles. The summed E-state index contributed by atoms with van der Waals surface area (Å²) in [5.74, 6) is 0. The average molecular weight is 307 g/mol. The van der Waals surface area contributed by atoms with Crippen molar-refractivity contribution in [1.82, 2.24) is 0 Å². The minimum atomic E-state index is -0.800. The van der Waals surface area contributed by atoms with Crippen LogP contribution in [-0.2, 0) is 18.4 Å². The van der Waals surface area contributed by atoms with Gasteiger partial charge < -0.3 is 5.11 Å². The van der Waals surface area contributed by atoms with Gasteiger partial charge in [0.15, 0.2) is 0 Å². The van der Waals surface area contributed by atoms with Crippen LogP contribution < -0.4 is 0 Å². The topological polar surface area (TPSA) is 20.2 Å². The van der Waals surface area contributed by atoms with Gasteiger partial charge in [-0.15, -0.1) is 0 Å². The van der Waals surface area contributed by atoms with Crippen molar-refractivity contribution in [3.63, 3.8) is 0 Å². The summed E-state index contributed by atoms with van der Waals surface area (Å²) in [6, 6.07) is 13.7. The Hall–Kier alpha value is -1.02. The fourth-order valence-corrected chi connectivity index (χ4v) is 3.39. The normalized spacial score (nSPS) is 21.6. The minimum absolute atomic E-state index is 0.539. The Balaban J connectivity index is 1.95. The second kappa shape index (κ2) is 5.40. The molecular formula is C17H16Cl2O. The zero-order chi connectivity index (χ0) is 14.2. The quantitative estimate of drug-likeness (QED) is 0.848. The lowest BCUT2D eigenvalue weighted by atomic mass is 9.76. The summed E-state index contributed by atoms with van der Waals surface area (Å²) >= 11 is 12.0. The summed E-state index contributed by atoms with van der Waals surface area (Å²) in [6.45, 7) is 0. The van der Waals surface area contributed by atoms with Crippen molar-refractivity contribution in [3.8, 4) is 0 Å². The van der Waals surface area contributed by atoms with Crippen molar-refractivity contribution >= 4 is 23.2 Å². The Morgan fingerprint density at radius 1 is 1.05 bits per heavy atom. The average Bonchev–Trinajstić information content (AvgIpc) is 2.43. The molecule has 1 nitrogen and oxygen atoms in total. The Morgan fingerprint density at radius 3 is 2.65 bits per heavy atom. The van der Waals surface area contributed by atoms with Crippen molar-refractivity contribution in [2.24, 2.45) is 0 Å². The molecule has 0 saturated carbocycles. The molecule has 20 heavy (non-hydrogen) atoms. The predicted octanol–water partition coefficient (Wildman–Crippen LogP) is 4.76. The fourth-order valence-electron chi connectivity index (χ4n) is 3.07. The molecule has 0 amide bonds. The van der Waals surface area contributed by atoms with Gasteiger partial charge in [0.05, 0.1) is 15.6 Å². The zero-order valence-corrected chi connectivity index (χ0v) is 12.6. The molecule has 2 aromatic rings. The molecule has 1 N–H and O–H groups in total. The monoisotopic (exact) mass is 306 g/mol. The van der Waals surface area contributed by atoms with Gasteiger partial charge in [-0.25, -0.2) is 0 Å². The van der Waals surface area contributed by atoms with Crippen LogP contribution in [0.3, 0.4) is 0 Å². The number of aliphatic hydroxyl groups is 1. The molecule has 3 rings (SSSR count). The van der Waals surface area contributed by atoms with Crippen LogP contribution in [-0.4, -0.2) is 5.11 Å². The third-order valence-electron chi connectivity index (χ3n) is 4.04. The zero-order valence-electron chi connectivity index (χ0n) is 11.1. The van der Waals surface area contributed by atoms with Gasteiger partial charge in [0, 0.05) is 6.42 Å². The molecule has 0 spiro atoms. The van der Waals surface area contributed by atoms with E-state index in [1.54, 1.807) is 6.07 Å². The molecule has 1 atom stereocenters. The van der Waals surface area contributed by atoms with Crippen molar-refractivity contribution in [2.75, 3.05) is 0 Å². The summed E-state index contributed by atoms with van der Waals surface area (Å²) in [6.07, 6.45) is 3.40. The second-order valence-electron chi connectivity index (χ2n) is 5.47. The molecule has 0 heterocycles. The summed E-state index contributed by atoms with van der Waals surface area (Å²) < 4.78 is 0. The molecule has 2 aromatic carbocycles. The minimum Gasteiger partial charge on any atom is -0.385 e. The highest BCUT2D eigenvalue weighted by Gasteiger charge is 2.34. The number of rotatable bonds is 2. The number of hydrogen-bond acceptors (Lipinski definition) is 1. The predicted molar refractivity (Wildman–Crippen MR) is 83.4 cm³/mol. The lowest BCUT2D eigenvalue weighted by Crippen LogP contribution is -2.33. The van der Waals surface area contributed by atoms with E-state index in [4.69, 9.17) is 23.2 Å². The van der Waals surface area contributed by atoms with E-state index in [-0.39, 0.29) is 0 Å². The molecule has 0 radical (unpaired) electrons. The number of aryl methyl sites for hydroxylation is 1. The molecule has 0 fully saturated rings. The van der Waals surface area contributed by atoms with Gasteiger partial charge in [-0.1, -0.05) is 53.5 Å². The van der Waals surface area contributed by atoms with E-state index in [2.05, 4.69) is 6.07 Å². The van der Waals surface area contributed by atoms with Crippen LogP contribution in [0.2, 0.25) is 10.0 Å². The van der Waals surface area contributed by atoms with Crippen molar-refractivity contribution in [3.05, 3.63) is 69.2 Å². The van der Waals surface area contributed by atoms with E-state index in [9.17, 15) is 5.11 Å². The molecule has 0 aromatic heterocycles. The molecular weight excluding hydrogens is 291 g/mol. The second-order valence-corrected chi connectivity index (χ2v) is 6.28. The summed E-state index contributed by atoms with van der Waals surface area (Å²) in [5.41, 5.74) is 2.52. The maximum absolute atomic E-state index is 11.1. The Kier molecular flexibility index (Phi) is 3.76. The third kappa shape index (κ3) is 2.58. The fraction of sp³-hybridized carbons (Fsp3) is 0.294. The molecule has 104 valence electrons.